The fourth-order valence-corrected chi connectivity index (χ4v) is 3.64. The quantitative estimate of drug-likeness (QED) is 0.677. The molecular weight excluding hydrogens is 364 g/mol. The maximum Gasteiger partial charge on any atom is 0.258 e. The van der Waals surface area contributed by atoms with Crippen LogP contribution >= 0.6 is 0 Å². The van der Waals surface area contributed by atoms with E-state index in [1.807, 2.05) is 37.3 Å². The van der Waals surface area contributed by atoms with Gasteiger partial charge in [0.1, 0.15) is 5.76 Å². The highest BCUT2D eigenvalue weighted by Crippen LogP contribution is 2.18. The molecule has 0 atom stereocenters. The van der Waals surface area contributed by atoms with Crippen molar-refractivity contribution in [2.24, 2.45) is 0 Å². The number of rotatable bonds is 7. The Kier molecular flexibility index (Phi) is 5.73. The van der Waals surface area contributed by atoms with Crippen LogP contribution in [0.2, 0.25) is 0 Å². The zero-order chi connectivity index (χ0) is 19.3. The number of anilines is 1. The second kappa shape index (κ2) is 8.20. The Morgan fingerprint density at radius 3 is 2.30 bits per heavy atom. The van der Waals surface area contributed by atoms with Gasteiger partial charge in [-0.3, -0.25) is 4.79 Å². The van der Waals surface area contributed by atoms with Gasteiger partial charge in [0.05, 0.1) is 17.7 Å². The van der Waals surface area contributed by atoms with Crippen molar-refractivity contribution in [1.82, 2.24) is 4.72 Å². The van der Waals surface area contributed by atoms with E-state index in [1.54, 1.807) is 17.0 Å². The molecule has 0 fully saturated rings. The van der Waals surface area contributed by atoms with Gasteiger partial charge in [-0.2, -0.15) is 0 Å². The van der Waals surface area contributed by atoms with Gasteiger partial charge in [-0.25, -0.2) is 13.1 Å². The Labute approximate surface area is 158 Å². The van der Waals surface area contributed by atoms with E-state index in [1.165, 1.54) is 30.5 Å². The van der Waals surface area contributed by atoms with Crippen LogP contribution in [0.5, 0.6) is 0 Å². The summed E-state index contributed by atoms with van der Waals surface area (Å²) >= 11 is 0. The lowest BCUT2D eigenvalue weighted by Crippen LogP contribution is -2.30. The third-order valence-electron chi connectivity index (χ3n) is 4.06. The predicted molar refractivity (Wildman–Crippen MR) is 103 cm³/mol. The summed E-state index contributed by atoms with van der Waals surface area (Å²) in [5, 5.41) is 0. The molecule has 3 rings (SSSR count). The molecule has 0 aliphatic heterocycles. The van der Waals surface area contributed by atoms with Gasteiger partial charge < -0.3 is 9.32 Å². The minimum atomic E-state index is -3.69. The third kappa shape index (κ3) is 4.45. The van der Waals surface area contributed by atoms with E-state index in [0.29, 0.717) is 17.9 Å². The SMILES string of the molecule is CCN(C(=O)c1ccc(S(=O)(=O)NCc2ccco2)cc1)c1ccccc1. The van der Waals surface area contributed by atoms with E-state index in [-0.39, 0.29) is 17.3 Å². The van der Waals surface area contributed by atoms with Crippen LogP contribution in [-0.2, 0) is 16.6 Å². The van der Waals surface area contributed by atoms with Crippen LogP contribution in [0.1, 0.15) is 23.0 Å². The Balaban J connectivity index is 1.75. The summed E-state index contributed by atoms with van der Waals surface area (Å²) in [6.07, 6.45) is 1.48. The fraction of sp³-hybridized carbons (Fsp3) is 0.150. The van der Waals surface area contributed by atoms with Gasteiger partial charge in [0.15, 0.2) is 0 Å². The maximum atomic E-state index is 12.8. The van der Waals surface area contributed by atoms with E-state index in [9.17, 15) is 13.2 Å². The summed E-state index contributed by atoms with van der Waals surface area (Å²) < 4.78 is 32.3. The maximum absolute atomic E-state index is 12.8. The Morgan fingerprint density at radius 1 is 1.00 bits per heavy atom. The van der Waals surface area contributed by atoms with Gasteiger partial charge in [-0.1, -0.05) is 18.2 Å². The number of hydrogen-bond donors (Lipinski definition) is 1. The summed E-state index contributed by atoms with van der Waals surface area (Å²) in [6, 6.07) is 18.6. The molecule has 0 saturated carbocycles. The fourth-order valence-electron chi connectivity index (χ4n) is 2.65. The molecule has 0 aliphatic rings. The number of amides is 1. The van der Waals surface area contributed by atoms with E-state index in [4.69, 9.17) is 4.42 Å². The number of nitrogens with zero attached hydrogens (tertiary/aromatic N) is 1. The van der Waals surface area contributed by atoms with Crippen molar-refractivity contribution in [2.75, 3.05) is 11.4 Å². The minimum absolute atomic E-state index is 0.0631. The molecule has 1 amide bonds. The molecule has 0 unspecified atom stereocenters. The molecule has 7 heteroatoms. The van der Waals surface area contributed by atoms with Crippen molar-refractivity contribution in [3.63, 3.8) is 0 Å². The summed E-state index contributed by atoms with van der Waals surface area (Å²) in [4.78, 5) is 14.5. The number of furan rings is 1. The zero-order valence-electron chi connectivity index (χ0n) is 14.8. The van der Waals surface area contributed by atoms with Crippen molar-refractivity contribution in [2.45, 2.75) is 18.4 Å². The summed E-state index contributed by atoms with van der Waals surface area (Å²) in [5.74, 6) is 0.336. The second-order valence-corrected chi connectivity index (χ2v) is 7.58. The van der Waals surface area contributed by atoms with Crippen molar-refractivity contribution < 1.29 is 17.6 Å². The normalized spacial score (nSPS) is 11.3. The molecule has 0 aliphatic carbocycles. The number of para-hydroxylation sites is 1. The molecule has 6 nitrogen and oxygen atoms in total. The van der Waals surface area contributed by atoms with Crippen molar-refractivity contribution in [3.05, 3.63) is 84.3 Å². The number of benzene rings is 2. The lowest BCUT2D eigenvalue weighted by atomic mass is 10.2. The monoisotopic (exact) mass is 384 g/mol. The average molecular weight is 384 g/mol. The van der Waals surface area contributed by atoms with Gasteiger partial charge in [0.25, 0.3) is 5.91 Å². The zero-order valence-corrected chi connectivity index (χ0v) is 15.6. The number of sulfonamides is 1. The molecule has 0 spiro atoms. The third-order valence-corrected chi connectivity index (χ3v) is 5.47. The highest BCUT2D eigenvalue weighted by atomic mass is 32.2. The highest BCUT2D eigenvalue weighted by Gasteiger charge is 2.18. The summed E-state index contributed by atoms with van der Waals surface area (Å²) in [5.41, 5.74) is 1.22. The van der Waals surface area contributed by atoms with Crippen molar-refractivity contribution in [1.29, 1.82) is 0 Å². The largest absolute Gasteiger partial charge is 0.468 e. The Morgan fingerprint density at radius 2 is 1.70 bits per heavy atom. The van der Waals surface area contributed by atoms with Gasteiger partial charge in [0, 0.05) is 17.8 Å². The van der Waals surface area contributed by atoms with Gasteiger partial charge >= 0.3 is 0 Å². The minimum Gasteiger partial charge on any atom is -0.468 e. The first-order valence-corrected chi connectivity index (χ1v) is 9.98. The summed E-state index contributed by atoms with van der Waals surface area (Å²) in [7, 11) is -3.69. The van der Waals surface area contributed by atoms with Crippen LogP contribution in [0.25, 0.3) is 0 Å². The van der Waals surface area contributed by atoms with E-state index in [0.717, 1.165) is 5.69 Å². The number of hydrogen-bond acceptors (Lipinski definition) is 4. The van der Waals surface area contributed by atoms with Crippen LogP contribution in [0.4, 0.5) is 5.69 Å². The van der Waals surface area contributed by atoms with Gasteiger partial charge in [-0.05, 0) is 55.5 Å². The number of carbonyl (C=O) groups excluding carboxylic acids is 1. The average Bonchev–Trinajstić information content (AvgIpc) is 3.22. The molecule has 1 N–H and O–H groups in total. The number of nitrogens with one attached hydrogen (secondary N) is 1. The molecule has 140 valence electrons. The highest BCUT2D eigenvalue weighted by molar-refractivity contribution is 7.89. The molecule has 0 bridgehead atoms. The van der Waals surface area contributed by atoms with Gasteiger partial charge in [0.2, 0.25) is 10.0 Å². The van der Waals surface area contributed by atoms with Crippen LogP contribution in [0.15, 0.2) is 82.3 Å². The first kappa shape index (κ1) is 18.9. The van der Waals surface area contributed by atoms with Crippen LogP contribution in [0.3, 0.4) is 0 Å². The van der Waals surface area contributed by atoms with E-state index >= 15 is 0 Å². The molecule has 0 radical (unpaired) electrons. The lowest BCUT2D eigenvalue weighted by molar-refractivity contribution is 0.0988. The molecule has 1 heterocycles. The van der Waals surface area contributed by atoms with E-state index in [2.05, 4.69) is 4.72 Å². The van der Waals surface area contributed by atoms with Crippen molar-refractivity contribution in [3.8, 4) is 0 Å². The van der Waals surface area contributed by atoms with Gasteiger partial charge in [-0.15, -0.1) is 0 Å². The first-order valence-electron chi connectivity index (χ1n) is 8.50. The first-order chi connectivity index (χ1) is 13.0. The number of carbonyl (C=O) groups is 1. The molecule has 27 heavy (non-hydrogen) atoms. The Bertz CT molecular complexity index is 982. The topological polar surface area (TPSA) is 79.6 Å². The molecular formula is C20H20N2O4S. The molecule has 1 aromatic heterocycles. The van der Waals surface area contributed by atoms with E-state index < -0.39 is 10.0 Å². The predicted octanol–water partition coefficient (Wildman–Crippen LogP) is 3.42. The second-order valence-electron chi connectivity index (χ2n) is 5.81. The standard InChI is InChI=1S/C20H20N2O4S/c1-2-22(17-7-4-3-5-8-17)20(23)16-10-12-19(13-11-16)27(24,25)21-15-18-9-6-14-26-18/h3-14,21H,2,15H2,1H3. The van der Waals surface area contributed by atoms with Crippen LogP contribution < -0.4 is 9.62 Å². The lowest BCUT2D eigenvalue weighted by Gasteiger charge is -2.21. The van der Waals surface area contributed by atoms with Crippen LogP contribution in [0, 0.1) is 0 Å². The summed E-state index contributed by atoms with van der Waals surface area (Å²) in [6.45, 7) is 2.46. The molecule has 2 aromatic carbocycles. The van der Waals surface area contributed by atoms with Crippen LogP contribution in [-0.4, -0.2) is 20.9 Å². The Hall–Kier alpha value is -2.90. The molecule has 0 saturated heterocycles. The molecule has 3 aromatic rings. The van der Waals surface area contributed by atoms with Crippen molar-refractivity contribution >= 4 is 21.6 Å². The smallest absolute Gasteiger partial charge is 0.258 e.